The molecule has 13 heteroatoms. The van der Waals surface area contributed by atoms with Crippen molar-refractivity contribution in [1.82, 2.24) is 10.2 Å². The molecule has 5 rings (SSSR count). The number of aromatic nitrogens is 1. The predicted octanol–water partition coefficient (Wildman–Crippen LogP) is 4.46. The van der Waals surface area contributed by atoms with E-state index in [2.05, 4.69) is 10.2 Å². The molecule has 0 radical (unpaired) electrons. The SMILES string of the molecule is COc1ccc([C@H](Cc2c(Cl)c[n+](O)cc2Cl)c2cc(CNCC(C(=O)O[C@@H]3CCN(C)C3)c3ccccc3)sc2C(=O)[O-])cc1OC. The Labute approximate surface area is 293 Å². The number of ether oxygens (including phenoxy) is 3. The third-order valence-corrected chi connectivity index (χ3v) is 10.2. The third kappa shape index (κ3) is 8.40. The molecule has 48 heavy (non-hydrogen) atoms. The van der Waals surface area contributed by atoms with Gasteiger partial charge in [-0.2, -0.15) is 0 Å². The number of carbonyl (C=O) groups is 2. The molecule has 1 fully saturated rings. The highest BCUT2D eigenvalue weighted by atomic mass is 35.5. The summed E-state index contributed by atoms with van der Waals surface area (Å²) < 4.78 is 17.6. The summed E-state index contributed by atoms with van der Waals surface area (Å²) in [6, 6.07) is 16.7. The second-order valence-electron chi connectivity index (χ2n) is 11.7. The van der Waals surface area contributed by atoms with Crippen LogP contribution in [0.3, 0.4) is 0 Å². The van der Waals surface area contributed by atoms with Crippen LogP contribution in [-0.4, -0.2) is 69.1 Å². The number of nitrogens with one attached hydrogen (secondary N) is 1. The van der Waals surface area contributed by atoms with E-state index in [1.165, 1.54) is 26.6 Å². The van der Waals surface area contributed by atoms with Crippen LogP contribution in [0.1, 0.15) is 55.1 Å². The quantitative estimate of drug-likeness (QED) is 0.111. The lowest BCUT2D eigenvalue weighted by molar-refractivity contribution is -0.904. The molecule has 1 unspecified atom stereocenters. The number of benzene rings is 2. The van der Waals surface area contributed by atoms with Gasteiger partial charge in [0.15, 0.2) is 11.5 Å². The number of nitrogens with zero attached hydrogens (tertiary/aromatic N) is 2. The van der Waals surface area contributed by atoms with Crippen molar-refractivity contribution in [3.63, 3.8) is 0 Å². The molecular formula is C35H37Cl2N3O7S. The first-order valence-corrected chi connectivity index (χ1v) is 16.9. The molecule has 4 aromatic rings. The van der Waals surface area contributed by atoms with Crippen LogP contribution in [0.2, 0.25) is 10.0 Å². The van der Waals surface area contributed by atoms with Crippen molar-refractivity contribution in [3.05, 3.63) is 109 Å². The fourth-order valence-electron chi connectivity index (χ4n) is 5.98. The summed E-state index contributed by atoms with van der Waals surface area (Å²) in [4.78, 5) is 28.8. The van der Waals surface area contributed by atoms with Gasteiger partial charge in [0.2, 0.25) is 12.4 Å². The van der Waals surface area contributed by atoms with Crippen LogP contribution in [0.5, 0.6) is 11.5 Å². The predicted molar refractivity (Wildman–Crippen MR) is 180 cm³/mol. The number of likely N-dealkylation sites (N-methyl/N-ethyl adjacent to an activating group) is 1. The van der Waals surface area contributed by atoms with E-state index in [0.717, 1.165) is 45.0 Å². The van der Waals surface area contributed by atoms with Crippen molar-refractivity contribution >= 4 is 46.5 Å². The summed E-state index contributed by atoms with van der Waals surface area (Å²) >= 11 is 14.1. The number of carboxylic acid groups (broad SMARTS) is 1. The molecule has 1 saturated heterocycles. The minimum atomic E-state index is -1.32. The molecule has 0 amide bonds. The van der Waals surface area contributed by atoms with Gasteiger partial charge >= 0.3 is 5.97 Å². The van der Waals surface area contributed by atoms with E-state index in [9.17, 15) is 19.9 Å². The molecule has 2 aromatic carbocycles. The first-order valence-electron chi connectivity index (χ1n) is 15.4. The molecule has 2 N–H and O–H groups in total. The minimum absolute atomic E-state index is 0.0522. The van der Waals surface area contributed by atoms with E-state index >= 15 is 0 Å². The Hall–Kier alpha value is -3.87. The van der Waals surface area contributed by atoms with Crippen LogP contribution < -0.4 is 24.6 Å². The summed E-state index contributed by atoms with van der Waals surface area (Å²) in [6.45, 7) is 2.16. The summed E-state index contributed by atoms with van der Waals surface area (Å²) in [5, 5.41) is 26.3. The maximum atomic E-state index is 13.4. The molecule has 3 heterocycles. The van der Waals surface area contributed by atoms with Crippen LogP contribution in [0.15, 0.2) is 67.0 Å². The van der Waals surface area contributed by atoms with Crippen LogP contribution in [0, 0.1) is 0 Å². The van der Waals surface area contributed by atoms with Gasteiger partial charge in [0.25, 0.3) is 0 Å². The van der Waals surface area contributed by atoms with Crippen LogP contribution in [-0.2, 0) is 22.5 Å². The lowest BCUT2D eigenvalue weighted by Crippen LogP contribution is -2.31. The Balaban J connectivity index is 1.44. The fourth-order valence-corrected chi connectivity index (χ4v) is 7.61. The summed E-state index contributed by atoms with van der Waals surface area (Å²) in [5.74, 6) is -1.74. The van der Waals surface area contributed by atoms with Gasteiger partial charge < -0.3 is 34.3 Å². The van der Waals surface area contributed by atoms with E-state index in [1.54, 1.807) is 12.1 Å². The highest BCUT2D eigenvalue weighted by Crippen LogP contribution is 2.40. The van der Waals surface area contributed by atoms with E-state index in [0.29, 0.717) is 35.7 Å². The largest absolute Gasteiger partial charge is 0.544 e. The number of pyridine rings is 1. The van der Waals surface area contributed by atoms with E-state index in [-0.39, 0.29) is 40.0 Å². The Morgan fingerprint density at radius 2 is 1.77 bits per heavy atom. The number of likely N-dealkylation sites (tertiary alicyclic amines) is 1. The van der Waals surface area contributed by atoms with Gasteiger partial charge in [0, 0.05) is 47.3 Å². The summed E-state index contributed by atoms with van der Waals surface area (Å²) in [5.41, 5.74) is 2.58. The third-order valence-electron chi connectivity index (χ3n) is 8.42. The molecule has 1 aliphatic heterocycles. The lowest BCUT2D eigenvalue weighted by Gasteiger charge is -2.21. The maximum absolute atomic E-state index is 13.4. The maximum Gasteiger partial charge on any atom is 0.315 e. The zero-order valence-corrected chi connectivity index (χ0v) is 29.1. The number of carboxylic acids is 1. The average Bonchev–Trinajstić information content (AvgIpc) is 3.68. The Kier molecular flexibility index (Phi) is 11.8. The zero-order valence-electron chi connectivity index (χ0n) is 26.8. The molecule has 0 saturated carbocycles. The van der Waals surface area contributed by atoms with E-state index in [1.807, 2.05) is 49.5 Å². The Bertz CT molecular complexity index is 1730. The van der Waals surface area contributed by atoms with Crippen molar-refractivity contribution in [3.8, 4) is 11.5 Å². The molecule has 0 aliphatic carbocycles. The fraction of sp³-hybridized carbons (Fsp3) is 0.343. The van der Waals surface area contributed by atoms with Crippen LogP contribution >= 0.6 is 34.5 Å². The van der Waals surface area contributed by atoms with Crippen molar-refractivity contribution in [2.24, 2.45) is 0 Å². The van der Waals surface area contributed by atoms with Gasteiger partial charge in [0.05, 0.1) is 31.0 Å². The highest BCUT2D eigenvalue weighted by molar-refractivity contribution is 7.14. The number of esters is 1. The van der Waals surface area contributed by atoms with Crippen LogP contribution in [0.4, 0.5) is 0 Å². The van der Waals surface area contributed by atoms with Crippen molar-refractivity contribution in [1.29, 1.82) is 0 Å². The van der Waals surface area contributed by atoms with Gasteiger partial charge in [-0.25, -0.2) is 0 Å². The number of halogens is 2. The van der Waals surface area contributed by atoms with Crippen molar-refractivity contribution in [2.45, 2.75) is 37.3 Å². The number of carbonyl (C=O) groups excluding carboxylic acids is 2. The summed E-state index contributed by atoms with van der Waals surface area (Å²) in [6.07, 6.45) is 3.48. The molecule has 254 valence electrons. The van der Waals surface area contributed by atoms with Crippen LogP contribution in [0.25, 0.3) is 0 Å². The number of hydrogen-bond donors (Lipinski definition) is 2. The van der Waals surface area contributed by atoms with Gasteiger partial charge in [-0.3, -0.25) is 10.0 Å². The number of methoxy groups -OCH3 is 2. The number of hydrogen-bond acceptors (Lipinski definition) is 10. The molecule has 3 atom stereocenters. The standard InChI is InChI=1S/C35H37Cl2N3O7S/c1-39-12-11-23(18-39)47-35(43)28(21-7-5-4-6-8-21)17-38-16-24-14-26(33(48-24)34(41)42)25(15-27-29(36)19-40(44)20-30(27)37)22-9-10-31(45-2)32(13-22)46-3/h4-10,13-14,19-20,23,25,28,38H,11-12,15-18H2,1-3H3,(H-,41,42,44)/t23-,25+,28?/m1/s1. The number of thiophene rings is 1. The monoisotopic (exact) mass is 713 g/mol. The molecule has 2 aromatic heterocycles. The topological polar surface area (TPSA) is 124 Å². The lowest BCUT2D eigenvalue weighted by atomic mass is 9.85. The second-order valence-corrected chi connectivity index (χ2v) is 13.6. The highest BCUT2D eigenvalue weighted by Gasteiger charge is 2.29. The Morgan fingerprint density at radius 3 is 2.40 bits per heavy atom. The van der Waals surface area contributed by atoms with Crippen molar-refractivity contribution < 1.29 is 38.8 Å². The first kappa shape index (κ1) is 35.4. The molecule has 10 nitrogen and oxygen atoms in total. The molecule has 1 aliphatic rings. The van der Waals surface area contributed by atoms with Gasteiger partial charge in [-0.15, -0.1) is 11.3 Å². The number of aromatic carboxylic acids is 1. The second kappa shape index (κ2) is 16.0. The first-order chi connectivity index (χ1) is 23.1. The van der Waals surface area contributed by atoms with Gasteiger partial charge in [-0.1, -0.05) is 59.6 Å². The van der Waals surface area contributed by atoms with E-state index < -0.39 is 17.8 Å². The smallest absolute Gasteiger partial charge is 0.315 e. The Morgan fingerprint density at radius 1 is 1.06 bits per heavy atom. The minimum Gasteiger partial charge on any atom is -0.544 e. The van der Waals surface area contributed by atoms with Gasteiger partial charge in [0.1, 0.15) is 16.1 Å². The van der Waals surface area contributed by atoms with E-state index in [4.69, 9.17) is 37.4 Å². The normalized spacial score (nSPS) is 16.0. The molecular weight excluding hydrogens is 677 g/mol. The molecule has 0 spiro atoms. The van der Waals surface area contributed by atoms with Crippen molar-refractivity contribution in [2.75, 3.05) is 40.9 Å². The average molecular weight is 715 g/mol. The zero-order chi connectivity index (χ0) is 34.4. The summed E-state index contributed by atoms with van der Waals surface area (Å²) in [7, 11) is 5.06. The number of rotatable bonds is 14. The molecule has 0 bridgehead atoms. The van der Waals surface area contributed by atoms with Gasteiger partial charge in [-0.05, 0) is 54.8 Å².